The predicted octanol–water partition coefficient (Wildman–Crippen LogP) is 5.90. The highest BCUT2D eigenvalue weighted by molar-refractivity contribution is 5.86. The molecule has 0 spiro atoms. The number of aromatic nitrogens is 1. The topological polar surface area (TPSA) is 34.5 Å². The number of carbonyl (C=O) groups is 1. The van der Waals surface area contributed by atoms with Crippen LogP contribution in [0.4, 0.5) is 0 Å². The molecule has 0 aliphatic carbocycles. The molecule has 0 bridgehead atoms. The maximum atomic E-state index is 13.2. The van der Waals surface area contributed by atoms with E-state index >= 15 is 0 Å². The van der Waals surface area contributed by atoms with Gasteiger partial charge in [0.1, 0.15) is 12.4 Å². The second-order valence-electron chi connectivity index (χ2n) is 8.90. The number of hydrogen-bond donors (Lipinski definition) is 0. The number of rotatable bonds is 7. The molecular weight excluding hydrogens is 408 g/mol. The Bertz CT molecular complexity index is 1240. The summed E-state index contributed by atoms with van der Waals surface area (Å²) in [6.07, 6.45) is 4.86. The lowest BCUT2D eigenvalue weighted by atomic mass is 9.87. The van der Waals surface area contributed by atoms with E-state index in [1.165, 1.54) is 16.5 Å². The maximum Gasteiger partial charge on any atom is 0.223 e. The first-order valence-electron chi connectivity index (χ1n) is 11.8. The van der Waals surface area contributed by atoms with Gasteiger partial charge in [-0.3, -0.25) is 4.79 Å². The van der Waals surface area contributed by atoms with Crippen molar-refractivity contribution in [3.05, 3.63) is 102 Å². The highest BCUT2D eigenvalue weighted by atomic mass is 16.5. The normalized spacial score (nSPS) is 14.5. The largest absolute Gasteiger partial charge is 0.489 e. The van der Waals surface area contributed by atoms with Crippen molar-refractivity contribution in [2.45, 2.75) is 31.8 Å². The number of amides is 1. The second kappa shape index (κ2) is 9.53. The van der Waals surface area contributed by atoms with E-state index in [9.17, 15) is 4.79 Å². The highest BCUT2D eigenvalue weighted by Crippen LogP contribution is 2.36. The van der Waals surface area contributed by atoms with Crippen LogP contribution in [0.3, 0.4) is 0 Å². The summed E-state index contributed by atoms with van der Waals surface area (Å²) in [6, 6.07) is 26.9. The maximum absolute atomic E-state index is 13.2. The molecule has 1 atom stereocenters. The predicted molar refractivity (Wildman–Crippen MR) is 132 cm³/mol. The molecule has 4 heteroatoms. The Balaban J connectivity index is 1.48. The molecular formula is C29H30N2O2. The van der Waals surface area contributed by atoms with Gasteiger partial charge >= 0.3 is 0 Å². The zero-order chi connectivity index (χ0) is 22.6. The number of para-hydroxylation sites is 1. The fraction of sp³-hybridized carbons (Fsp3) is 0.276. The van der Waals surface area contributed by atoms with Gasteiger partial charge in [-0.1, -0.05) is 60.7 Å². The van der Waals surface area contributed by atoms with Gasteiger partial charge < -0.3 is 14.2 Å². The van der Waals surface area contributed by atoms with Crippen molar-refractivity contribution in [1.29, 1.82) is 0 Å². The van der Waals surface area contributed by atoms with Crippen LogP contribution in [0.2, 0.25) is 0 Å². The first kappa shape index (κ1) is 21.3. The Morgan fingerprint density at radius 1 is 0.939 bits per heavy atom. The number of benzene rings is 3. The van der Waals surface area contributed by atoms with E-state index in [1.54, 1.807) is 0 Å². The van der Waals surface area contributed by atoms with E-state index in [0.717, 1.165) is 42.8 Å². The Morgan fingerprint density at radius 2 is 1.70 bits per heavy atom. The molecule has 1 aromatic heterocycles. The second-order valence-corrected chi connectivity index (χ2v) is 8.90. The van der Waals surface area contributed by atoms with Crippen LogP contribution < -0.4 is 4.74 Å². The third-order valence-corrected chi connectivity index (χ3v) is 6.65. The first-order valence-corrected chi connectivity index (χ1v) is 11.8. The van der Waals surface area contributed by atoms with Gasteiger partial charge in [-0.15, -0.1) is 0 Å². The van der Waals surface area contributed by atoms with Crippen molar-refractivity contribution >= 4 is 16.8 Å². The molecule has 0 saturated carbocycles. The molecule has 4 nitrogen and oxygen atoms in total. The molecule has 2 heterocycles. The van der Waals surface area contributed by atoms with Crippen LogP contribution in [0.25, 0.3) is 10.9 Å². The SMILES string of the molecule is Cn1cc([C@H](CC(=O)N2CCCC2)c2cccc(OCc3ccccc3)c2)c2ccccc21. The van der Waals surface area contributed by atoms with Gasteiger partial charge in [-0.25, -0.2) is 0 Å². The summed E-state index contributed by atoms with van der Waals surface area (Å²) in [5.74, 6) is 1.04. The number of likely N-dealkylation sites (tertiary alicyclic amines) is 1. The Hall–Kier alpha value is -3.53. The summed E-state index contributed by atoms with van der Waals surface area (Å²) >= 11 is 0. The Labute approximate surface area is 195 Å². The quantitative estimate of drug-likeness (QED) is 0.360. The molecule has 1 aliphatic heterocycles. The zero-order valence-electron chi connectivity index (χ0n) is 19.1. The van der Waals surface area contributed by atoms with Crippen molar-refractivity contribution in [2.24, 2.45) is 7.05 Å². The Kier molecular flexibility index (Phi) is 6.16. The molecule has 168 valence electrons. The minimum absolute atomic E-state index is 0.0236. The number of hydrogen-bond acceptors (Lipinski definition) is 2. The first-order chi connectivity index (χ1) is 16.2. The van der Waals surface area contributed by atoms with Crippen molar-refractivity contribution in [3.8, 4) is 5.75 Å². The van der Waals surface area contributed by atoms with Crippen LogP contribution in [0.1, 0.15) is 41.9 Å². The van der Waals surface area contributed by atoms with E-state index in [1.807, 2.05) is 35.2 Å². The molecule has 0 unspecified atom stereocenters. The third-order valence-electron chi connectivity index (χ3n) is 6.65. The van der Waals surface area contributed by atoms with E-state index in [2.05, 4.69) is 66.3 Å². The van der Waals surface area contributed by atoms with Crippen molar-refractivity contribution in [1.82, 2.24) is 9.47 Å². The fourth-order valence-corrected chi connectivity index (χ4v) is 4.89. The van der Waals surface area contributed by atoms with Gasteiger partial charge in [0.05, 0.1) is 0 Å². The van der Waals surface area contributed by atoms with Gasteiger partial charge in [-0.05, 0) is 47.7 Å². The van der Waals surface area contributed by atoms with Crippen LogP contribution in [0, 0.1) is 0 Å². The van der Waals surface area contributed by atoms with Crippen LogP contribution in [-0.2, 0) is 18.4 Å². The summed E-state index contributed by atoms with van der Waals surface area (Å²) in [7, 11) is 2.07. The Morgan fingerprint density at radius 3 is 2.52 bits per heavy atom. The lowest BCUT2D eigenvalue weighted by molar-refractivity contribution is -0.130. The van der Waals surface area contributed by atoms with Gasteiger partial charge in [0.25, 0.3) is 0 Å². The number of fused-ring (bicyclic) bond motifs is 1. The van der Waals surface area contributed by atoms with Crippen molar-refractivity contribution < 1.29 is 9.53 Å². The number of aryl methyl sites for hydroxylation is 1. The number of carbonyl (C=O) groups excluding carboxylic acids is 1. The van der Waals surface area contributed by atoms with Crippen LogP contribution >= 0.6 is 0 Å². The average Bonchev–Trinajstić information content (AvgIpc) is 3.51. The molecule has 5 rings (SSSR count). The zero-order valence-corrected chi connectivity index (χ0v) is 19.1. The van der Waals surface area contributed by atoms with E-state index < -0.39 is 0 Å². The van der Waals surface area contributed by atoms with Crippen molar-refractivity contribution in [2.75, 3.05) is 13.1 Å². The monoisotopic (exact) mass is 438 g/mol. The summed E-state index contributed by atoms with van der Waals surface area (Å²) in [6.45, 7) is 2.28. The molecule has 1 saturated heterocycles. The molecule has 0 N–H and O–H groups in total. The molecule has 1 aliphatic rings. The van der Waals surface area contributed by atoms with Gasteiger partial charge in [-0.2, -0.15) is 0 Å². The van der Waals surface area contributed by atoms with Crippen LogP contribution in [0.15, 0.2) is 85.1 Å². The van der Waals surface area contributed by atoms with Crippen LogP contribution in [0.5, 0.6) is 5.75 Å². The highest BCUT2D eigenvalue weighted by Gasteiger charge is 2.26. The van der Waals surface area contributed by atoms with Crippen LogP contribution in [-0.4, -0.2) is 28.5 Å². The molecule has 1 fully saturated rings. The minimum atomic E-state index is -0.0236. The number of ether oxygens (including phenoxy) is 1. The smallest absolute Gasteiger partial charge is 0.223 e. The lowest BCUT2D eigenvalue weighted by Crippen LogP contribution is -2.29. The molecule has 1 amide bonds. The summed E-state index contributed by atoms with van der Waals surface area (Å²) < 4.78 is 8.28. The molecule has 4 aromatic rings. The summed E-state index contributed by atoms with van der Waals surface area (Å²) in [5.41, 5.74) is 4.63. The van der Waals surface area contributed by atoms with Gasteiger partial charge in [0.2, 0.25) is 5.91 Å². The fourth-order valence-electron chi connectivity index (χ4n) is 4.89. The minimum Gasteiger partial charge on any atom is -0.489 e. The van der Waals surface area contributed by atoms with Crippen molar-refractivity contribution in [3.63, 3.8) is 0 Å². The standard InChI is InChI=1S/C29H30N2O2/c1-30-20-27(25-14-5-6-15-28(25)30)26(19-29(32)31-16-7-8-17-31)23-12-9-13-24(18-23)33-21-22-10-3-2-4-11-22/h2-6,9-15,18,20,26H,7-8,16-17,19,21H2,1H3/t26-/m1/s1. The van der Waals surface area contributed by atoms with Gasteiger partial charge in [0.15, 0.2) is 0 Å². The summed E-state index contributed by atoms with van der Waals surface area (Å²) in [5, 5.41) is 1.20. The summed E-state index contributed by atoms with van der Waals surface area (Å²) in [4.78, 5) is 15.3. The van der Waals surface area contributed by atoms with Gasteiger partial charge in [0, 0.05) is 49.6 Å². The van der Waals surface area contributed by atoms with E-state index in [0.29, 0.717) is 13.0 Å². The number of nitrogens with zero attached hydrogens (tertiary/aromatic N) is 2. The molecule has 0 radical (unpaired) electrons. The molecule has 3 aromatic carbocycles. The molecule has 33 heavy (non-hydrogen) atoms. The third kappa shape index (κ3) is 4.65. The average molecular weight is 439 g/mol. The van der Waals surface area contributed by atoms with E-state index in [-0.39, 0.29) is 11.8 Å². The van der Waals surface area contributed by atoms with E-state index in [4.69, 9.17) is 4.74 Å². The lowest BCUT2D eigenvalue weighted by Gasteiger charge is -2.22.